The van der Waals surface area contributed by atoms with Crippen LogP contribution in [-0.2, 0) is 0 Å². The Labute approximate surface area is 113 Å². The van der Waals surface area contributed by atoms with Crippen LogP contribution < -0.4 is 10.1 Å². The minimum Gasteiger partial charge on any atom is -0.508 e. The van der Waals surface area contributed by atoms with Gasteiger partial charge >= 0.3 is 0 Å². The molecule has 0 fully saturated rings. The molecule has 100 valence electrons. The summed E-state index contributed by atoms with van der Waals surface area (Å²) in [4.78, 5) is 0. The highest BCUT2D eigenvalue weighted by atomic mass is 16.5. The lowest BCUT2D eigenvalue weighted by Crippen LogP contribution is -2.06. The number of hydrogen-bond acceptors (Lipinski definition) is 3. The molecule has 0 aliphatic carbocycles. The summed E-state index contributed by atoms with van der Waals surface area (Å²) in [5.41, 5.74) is 2.08. The minimum absolute atomic E-state index is 0.130. The lowest BCUT2D eigenvalue weighted by molar-refractivity contribution is 0.340. The molecule has 1 unspecified atom stereocenters. The molecule has 2 N–H and O–H groups in total. The van der Waals surface area contributed by atoms with Crippen LogP contribution in [0.25, 0.3) is 0 Å². The van der Waals surface area contributed by atoms with Gasteiger partial charge in [-0.2, -0.15) is 0 Å². The molecule has 3 heteroatoms. The molecule has 0 radical (unpaired) electrons. The van der Waals surface area contributed by atoms with Gasteiger partial charge in [0.2, 0.25) is 0 Å². The minimum atomic E-state index is 0.130. The van der Waals surface area contributed by atoms with Crippen molar-refractivity contribution in [2.75, 3.05) is 11.9 Å². The zero-order valence-electron chi connectivity index (χ0n) is 11.3. The van der Waals surface area contributed by atoms with Crippen molar-refractivity contribution in [3.63, 3.8) is 0 Å². The van der Waals surface area contributed by atoms with Crippen molar-refractivity contribution in [2.45, 2.75) is 19.9 Å². The second kappa shape index (κ2) is 6.14. The number of ether oxygens (including phenoxy) is 1. The molecule has 0 aliphatic heterocycles. The van der Waals surface area contributed by atoms with E-state index >= 15 is 0 Å². The van der Waals surface area contributed by atoms with E-state index in [4.69, 9.17) is 4.74 Å². The van der Waals surface area contributed by atoms with E-state index in [1.54, 1.807) is 12.1 Å². The van der Waals surface area contributed by atoms with Gasteiger partial charge in [0.15, 0.2) is 0 Å². The fourth-order valence-electron chi connectivity index (χ4n) is 1.94. The molecular weight excluding hydrogens is 238 g/mol. The average Bonchev–Trinajstić information content (AvgIpc) is 2.41. The molecule has 3 nitrogen and oxygen atoms in total. The van der Waals surface area contributed by atoms with Gasteiger partial charge in [-0.1, -0.05) is 12.1 Å². The van der Waals surface area contributed by atoms with Crippen LogP contribution >= 0.6 is 0 Å². The van der Waals surface area contributed by atoms with Crippen LogP contribution in [0, 0.1) is 0 Å². The summed E-state index contributed by atoms with van der Waals surface area (Å²) in [7, 11) is 0. The fraction of sp³-hybridized carbons (Fsp3) is 0.250. The summed E-state index contributed by atoms with van der Waals surface area (Å²) in [5.74, 6) is 1.16. The Morgan fingerprint density at radius 1 is 1.16 bits per heavy atom. The average molecular weight is 257 g/mol. The molecule has 2 rings (SSSR count). The van der Waals surface area contributed by atoms with Crippen molar-refractivity contribution < 1.29 is 9.84 Å². The number of nitrogens with one attached hydrogen (secondary N) is 1. The molecule has 19 heavy (non-hydrogen) atoms. The third-order valence-corrected chi connectivity index (χ3v) is 2.92. The lowest BCUT2D eigenvalue weighted by atomic mass is 10.1. The summed E-state index contributed by atoms with van der Waals surface area (Å²) >= 11 is 0. The van der Waals surface area contributed by atoms with Gasteiger partial charge in [-0.25, -0.2) is 0 Å². The van der Waals surface area contributed by atoms with Crippen LogP contribution in [0.1, 0.15) is 25.5 Å². The molecule has 0 aromatic heterocycles. The maximum atomic E-state index is 9.48. The van der Waals surface area contributed by atoms with Crippen molar-refractivity contribution in [3.05, 3.63) is 54.1 Å². The highest BCUT2D eigenvalue weighted by molar-refractivity contribution is 5.48. The summed E-state index contributed by atoms with van der Waals surface area (Å²) in [5, 5.41) is 12.9. The molecule has 0 spiro atoms. The Morgan fingerprint density at radius 2 is 1.89 bits per heavy atom. The number of hydrogen-bond donors (Lipinski definition) is 2. The van der Waals surface area contributed by atoms with E-state index in [0.717, 1.165) is 17.0 Å². The molecule has 0 amide bonds. The lowest BCUT2D eigenvalue weighted by Gasteiger charge is -2.16. The van der Waals surface area contributed by atoms with Crippen LogP contribution in [0.2, 0.25) is 0 Å². The van der Waals surface area contributed by atoms with Gasteiger partial charge in [0.1, 0.15) is 11.5 Å². The molecule has 0 bridgehead atoms. The Morgan fingerprint density at radius 3 is 2.53 bits per heavy atom. The predicted octanol–water partition coefficient (Wildman–Crippen LogP) is 3.96. The van der Waals surface area contributed by atoms with Crippen molar-refractivity contribution in [1.29, 1.82) is 0 Å². The first-order chi connectivity index (χ1) is 9.19. The topological polar surface area (TPSA) is 41.5 Å². The normalized spacial score (nSPS) is 11.9. The SMILES string of the molecule is CCOc1ccc(NC(C)c2cccc(O)c2)cc1. The van der Waals surface area contributed by atoms with Crippen molar-refractivity contribution >= 4 is 5.69 Å². The number of phenolic OH excluding ortho intramolecular Hbond substituents is 1. The third-order valence-electron chi connectivity index (χ3n) is 2.92. The molecule has 0 heterocycles. The summed E-state index contributed by atoms with van der Waals surface area (Å²) < 4.78 is 5.41. The molecule has 0 aliphatic rings. The van der Waals surface area contributed by atoms with Crippen LogP contribution in [0.3, 0.4) is 0 Å². The highest BCUT2D eigenvalue weighted by Gasteiger charge is 2.05. The molecule has 2 aromatic carbocycles. The van der Waals surface area contributed by atoms with Crippen LogP contribution in [0.5, 0.6) is 11.5 Å². The number of anilines is 1. The zero-order valence-corrected chi connectivity index (χ0v) is 11.3. The van der Waals surface area contributed by atoms with Crippen LogP contribution in [0.15, 0.2) is 48.5 Å². The largest absolute Gasteiger partial charge is 0.508 e. The smallest absolute Gasteiger partial charge is 0.119 e. The zero-order chi connectivity index (χ0) is 13.7. The first-order valence-electron chi connectivity index (χ1n) is 6.47. The molecule has 1 atom stereocenters. The first kappa shape index (κ1) is 13.3. The Hall–Kier alpha value is -2.16. The van der Waals surface area contributed by atoms with Crippen molar-refractivity contribution in [3.8, 4) is 11.5 Å². The standard InChI is InChI=1S/C16H19NO2/c1-3-19-16-9-7-14(8-10-16)17-12(2)13-5-4-6-15(18)11-13/h4-12,17-18H,3H2,1-2H3. The number of rotatable bonds is 5. The number of phenols is 1. The van der Waals surface area contributed by atoms with Crippen molar-refractivity contribution in [1.82, 2.24) is 0 Å². The summed E-state index contributed by atoms with van der Waals surface area (Å²) in [6.45, 7) is 4.70. The first-order valence-corrected chi connectivity index (χ1v) is 6.47. The second-order valence-corrected chi connectivity index (χ2v) is 4.42. The van der Waals surface area contributed by atoms with Crippen LogP contribution in [0.4, 0.5) is 5.69 Å². The van der Waals surface area contributed by atoms with E-state index < -0.39 is 0 Å². The quantitative estimate of drug-likeness (QED) is 0.851. The Kier molecular flexibility index (Phi) is 4.29. The van der Waals surface area contributed by atoms with E-state index in [2.05, 4.69) is 12.2 Å². The highest BCUT2D eigenvalue weighted by Crippen LogP contribution is 2.23. The van der Waals surface area contributed by atoms with Crippen LogP contribution in [-0.4, -0.2) is 11.7 Å². The Bertz CT molecular complexity index is 523. The van der Waals surface area contributed by atoms with Crippen molar-refractivity contribution in [2.24, 2.45) is 0 Å². The summed E-state index contributed by atoms with van der Waals surface area (Å²) in [6, 6.07) is 15.3. The summed E-state index contributed by atoms with van der Waals surface area (Å²) in [6.07, 6.45) is 0. The van der Waals surface area contributed by atoms with Gasteiger partial charge in [0.05, 0.1) is 6.61 Å². The monoisotopic (exact) mass is 257 g/mol. The van der Waals surface area contributed by atoms with E-state index in [1.165, 1.54) is 0 Å². The molecule has 2 aromatic rings. The van der Waals surface area contributed by atoms with Gasteiger partial charge in [0, 0.05) is 11.7 Å². The maximum Gasteiger partial charge on any atom is 0.119 e. The Balaban J connectivity index is 2.04. The van der Waals surface area contributed by atoms with Gasteiger partial charge in [0.25, 0.3) is 0 Å². The number of benzene rings is 2. The van der Waals surface area contributed by atoms with Gasteiger partial charge in [-0.3, -0.25) is 0 Å². The molecule has 0 saturated carbocycles. The predicted molar refractivity (Wildman–Crippen MR) is 77.8 cm³/mol. The van der Waals surface area contributed by atoms with E-state index in [9.17, 15) is 5.11 Å². The van der Waals surface area contributed by atoms with Gasteiger partial charge in [-0.05, 0) is 55.8 Å². The second-order valence-electron chi connectivity index (χ2n) is 4.42. The number of aromatic hydroxyl groups is 1. The van der Waals surface area contributed by atoms with Gasteiger partial charge in [-0.15, -0.1) is 0 Å². The fourth-order valence-corrected chi connectivity index (χ4v) is 1.94. The third kappa shape index (κ3) is 3.65. The molecule has 0 saturated heterocycles. The van der Waals surface area contributed by atoms with E-state index in [-0.39, 0.29) is 11.8 Å². The van der Waals surface area contributed by atoms with E-state index in [1.807, 2.05) is 43.3 Å². The molecular formula is C16H19NO2. The van der Waals surface area contributed by atoms with E-state index in [0.29, 0.717) is 6.61 Å². The maximum absolute atomic E-state index is 9.48. The van der Waals surface area contributed by atoms with Gasteiger partial charge < -0.3 is 15.2 Å².